The Kier molecular flexibility index (Phi) is 4.34. The van der Waals surface area contributed by atoms with Gasteiger partial charge in [-0.05, 0) is 56.0 Å². The van der Waals surface area contributed by atoms with E-state index in [-0.39, 0.29) is 0 Å². The highest BCUT2D eigenvalue weighted by molar-refractivity contribution is 9.10. The van der Waals surface area contributed by atoms with Crippen LogP contribution in [0, 0.1) is 6.92 Å². The molecule has 4 heteroatoms. The normalized spacial score (nSPS) is 23.2. The Morgan fingerprint density at radius 3 is 2.56 bits per heavy atom. The first-order valence-corrected chi connectivity index (χ1v) is 9.68. The first-order valence-electron chi connectivity index (χ1n) is 8.89. The Morgan fingerprint density at radius 1 is 1.04 bits per heavy atom. The predicted molar refractivity (Wildman–Crippen MR) is 105 cm³/mol. The van der Waals surface area contributed by atoms with Crippen LogP contribution in [0.4, 0.5) is 5.69 Å². The van der Waals surface area contributed by atoms with Gasteiger partial charge in [-0.2, -0.15) is 0 Å². The molecule has 3 nitrogen and oxygen atoms in total. The van der Waals surface area contributed by atoms with E-state index in [1.807, 2.05) is 36.4 Å². The number of fused-ring (bicyclic) bond motifs is 1. The molecular formula is C21H23BrN2O. The molecule has 2 aromatic carbocycles. The van der Waals surface area contributed by atoms with E-state index in [4.69, 9.17) is 0 Å². The van der Waals surface area contributed by atoms with Gasteiger partial charge in [-0.25, -0.2) is 0 Å². The second kappa shape index (κ2) is 6.50. The number of benzene rings is 2. The number of anilines is 1. The summed E-state index contributed by atoms with van der Waals surface area (Å²) in [6.45, 7) is 3.69. The van der Waals surface area contributed by atoms with Gasteiger partial charge in [0.1, 0.15) is 5.82 Å². The lowest BCUT2D eigenvalue weighted by molar-refractivity contribution is 0.0477. The van der Waals surface area contributed by atoms with Gasteiger partial charge >= 0.3 is 0 Å². The minimum Gasteiger partial charge on any atom is -0.365 e. The molecule has 2 aromatic rings. The standard InChI is InChI=1S/C21H23BrN2O/c1-16-7-4-5-8-19(16)24-20-9-3-2-6-14-23(20)15-21(24,25)17-10-12-18(22)13-11-17/h4-5,7-13,25H,2-3,6,14-15H2,1H3. The number of nitrogens with zero attached hydrogens (tertiary/aromatic N) is 2. The maximum atomic E-state index is 11.8. The SMILES string of the molecule is Cc1ccccc1N1C2=CCCCCN2CC1(O)c1ccc(Br)cc1. The van der Waals surface area contributed by atoms with Crippen LogP contribution in [0.15, 0.2) is 64.9 Å². The number of aryl methyl sites for hydroxylation is 1. The number of allylic oxidation sites excluding steroid dienone is 1. The van der Waals surface area contributed by atoms with E-state index in [1.54, 1.807) is 0 Å². The quantitative estimate of drug-likeness (QED) is 0.790. The molecule has 0 radical (unpaired) electrons. The van der Waals surface area contributed by atoms with Crippen LogP contribution in [-0.2, 0) is 5.72 Å². The Morgan fingerprint density at radius 2 is 1.80 bits per heavy atom. The monoisotopic (exact) mass is 398 g/mol. The minimum absolute atomic E-state index is 0.592. The molecule has 1 unspecified atom stereocenters. The van der Waals surface area contributed by atoms with Crippen LogP contribution < -0.4 is 4.90 Å². The smallest absolute Gasteiger partial charge is 0.187 e. The largest absolute Gasteiger partial charge is 0.365 e. The van der Waals surface area contributed by atoms with E-state index in [0.29, 0.717) is 6.54 Å². The van der Waals surface area contributed by atoms with E-state index in [0.717, 1.165) is 40.9 Å². The maximum Gasteiger partial charge on any atom is 0.187 e. The van der Waals surface area contributed by atoms with Crippen molar-refractivity contribution in [1.29, 1.82) is 0 Å². The molecule has 0 saturated carbocycles. The molecule has 1 atom stereocenters. The Labute approximate surface area is 157 Å². The first-order chi connectivity index (χ1) is 12.1. The molecule has 2 heterocycles. The van der Waals surface area contributed by atoms with Crippen molar-refractivity contribution in [3.63, 3.8) is 0 Å². The molecule has 25 heavy (non-hydrogen) atoms. The summed E-state index contributed by atoms with van der Waals surface area (Å²) >= 11 is 3.50. The molecule has 0 aliphatic carbocycles. The van der Waals surface area contributed by atoms with Crippen molar-refractivity contribution >= 4 is 21.6 Å². The lowest BCUT2D eigenvalue weighted by atomic mass is 10.0. The molecule has 2 aliphatic rings. The first kappa shape index (κ1) is 16.7. The highest BCUT2D eigenvalue weighted by Crippen LogP contribution is 2.44. The summed E-state index contributed by atoms with van der Waals surface area (Å²) in [4.78, 5) is 4.47. The zero-order valence-corrected chi connectivity index (χ0v) is 16.0. The van der Waals surface area contributed by atoms with E-state index in [1.165, 1.54) is 12.0 Å². The molecule has 130 valence electrons. The molecule has 1 fully saturated rings. The minimum atomic E-state index is -1.06. The maximum absolute atomic E-state index is 11.8. The molecule has 4 rings (SSSR count). The van der Waals surface area contributed by atoms with E-state index in [9.17, 15) is 5.11 Å². The van der Waals surface area contributed by atoms with E-state index < -0.39 is 5.72 Å². The summed E-state index contributed by atoms with van der Waals surface area (Å²) in [5.74, 6) is 1.14. The summed E-state index contributed by atoms with van der Waals surface area (Å²) in [5.41, 5.74) is 2.11. The highest BCUT2D eigenvalue weighted by atomic mass is 79.9. The summed E-state index contributed by atoms with van der Waals surface area (Å²) < 4.78 is 1.02. The van der Waals surface area contributed by atoms with Gasteiger partial charge in [-0.1, -0.05) is 46.3 Å². The van der Waals surface area contributed by atoms with Crippen LogP contribution in [0.2, 0.25) is 0 Å². The third-order valence-corrected chi connectivity index (χ3v) is 5.73. The van der Waals surface area contributed by atoms with E-state index in [2.05, 4.69) is 50.9 Å². The highest BCUT2D eigenvalue weighted by Gasteiger charge is 2.48. The summed E-state index contributed by atoms with van der Waals surface area (Å²) in [6, 6.07) is 16.3. The molecule has 0 aromatic heterocycles. The summed E-state index contributed by atoms with van der Waals surface area (Å²) in [7, 11) is 0. The Hall–Kier alpha value is -1.78. The second-order valence-electron chi connectivity index (χ2n) is 6.93. The van der Waals surface area contributed by atoms with Crippen LogP contribution >= 0.6 is 15.9 Å². The van der Waals surface area contributed by atoms with Gasteiger partial charge in [0.2, 0.25) is 0 Å². The summed E-state index contributed by atoms with van der Waals surface area (Å²) in [6.07, 6.45) is 5.72. The van der Waals surface area contributed by atoms with Crippen molar-refractivity contribution in [2.24, 2.45) is 0 Å². The van der Waals surface area contributed by atoms with Crippen molar-refractivity contribution in [3.8, 4) is 0 Å². The number of halogens is 1. The molecule has 0 bridgehead atoms. The zero-order valence-electron chi connectivity index (χ0n) is 14.5. The third-order valence-electron chi connectivity index (χ3n) is 5.21. The van der Waals surface area contributed by atoms with Crippen molar-refractivity contribution < 1.29 is 5.11 Å². The van der Waals surface area contributed by atoms with Gasteiger partial charge in [0.25, 0.3) is 0 Å². The average Bonchev–Trinajstić information content (AvgIpc) is 2.74. The van der Waals surface area contributed by atoms with Gasteiger partial charge in [0.15, 0.2) is 5.72 Å². The van der Waals surface area contributed by atoms with Crippen LogP contribution in [0.25, 0.3) is 0 Å². The molecular weight excluding hydrogens is 376 g/mol. The topological polar surface area (TPSA) is 26.7 Å². The zero-order chi connectivity index (χ0) is 17.4. The van der Waals surface area contributed by atoms with Gasteiger partial charge < -0.3 is 10.0 Å². The Balaban J connectivity index is 1.88. The number of hydrogen-bond acceptors (Lipinski definition) is 3. The fraction of sp³-hybridized carbons (Fsp3) is 0.333. The number of para-hydroxylation sites is 1. The van der Waals surface area contributed by atoms with Gasteiger partial charge in [0.05, 0.1) is 6.54 Å². The van der Waals surface area contributed by atoms with Crippen LogP contribution in [-0.4, -0.2) is 23.1 Å². The molecule has 2 aliphatic heterocycles. The third kappa shape index (κ3) is 2.87. The predicted octanol–water partition coefficient (Wildman–Crippen LogP) is 4.75. The number of aliphatic hydroxyl groups is 1. The van der Waals surface area contributed by atoms with Crippen LogP contribution in [0.1, 0.15) is 30.4 Å². The Bertz CT molecular complexity index is 802. The fourth-order valence-corrected chi connectivity index (χ4v) is 4.18. The van der Waals surface area contributed by atoms with Gasteiger partial charge in [0, 0.05) is 22.3 Å². The van der Waals surface area contributed by atoms with Crippen molar-refractivity contribution in [2.45, 2.75) is 31.9 Å². The fourth-order valence-electron chi connectivity index (χ4n) is 3.92. The second-order valence-corrected chi connectivity index (χ2v) is 7.84. The van der Waals surface area contributed by atoms with Crippen molar-refractivity contribution in [3.05, 3.63) is 76.0 Å². The molecule has 0 spiro atoms. The number of rotatable bonds is 2. The van der Waals surface area contributed by atoms with Crippen molar-refractivity contribution in [2.75, 3.05) is 18.0 Å². The van der Waals surface area contributed by atoms with Crippen LogP contribution in [0.5, 0.6) is 0 Å². The van der Waals surface area contributed by atoms with Crippen molar-refractivity contribution in [1.82, 2.24) is 4.90 Å². The van der Waals surface area contributed by atoms with E-state index >= 15 is 0 Å². The summed E-state index contributed by atoms with van der Waals surface area (Å²) in [5, 5.41) is 11.8. The van der Waals surface area contributed by atoms with Gasteiger partial charge in [-0.3, -0.25) is 4.90 Å². The molecule has 1 saturated heterocycles. The molecule has 1 N–H and O–H groups in total. The average molecular weight is 399 g/mol. The van der Waals surface area contributed by atoms with Crippen LogP contribution in [0.3, 0.4) is 0 Å². The molecule has 0 amide bonds. The lowest BCUT2D eigenvalue weighted by Gasteiger charge is -2.35. The number of hydrogen-bond donors (Lipinski definition) is 1. The van der Waals surface area contributed by atoms with Gasteiger partial charge in [-0.15, -0.1) is 0 Å². The lowest BCUT2D eigenvalue weighted by Crippen LogP contribution is -2.43.